The zero-order valence-electron chi connectivity index (χ0n) is 31.0. The van der Waals surface area contributed by atoms with Gasteiger partial charge in [0.25, 0.3) is 17.7 Å². The van der Waals surface area contributed by atoms with Gasteiger partial charge in [-0.2, -0.15) is 0 Å². The molecule has 1 saturated carbocycles. The number of piperazine rings is 1. The Kier molecular flexibility index (Phi) is 9.31. The second-order valence-electron chi connectivity index (χ2n) is 16.1. The molecule has 5 amide bonds. The van der Waals surface area contributed by atoms with Crippen molar-refractivity contribution in [2.24, 2.45) is 5.41 Å². The molecule has 0 aromatic heterocycles. The lowest BCUT2D eigenvalue weighted by atomic mass is 9.67. The van der Waals surface area contributed by atoms with Crippen molar-refractivity contribution in [3.8, 4) is 5.75 Å². The number of halogens is 1. The number of rotatable bonds is 7. The fourth-order valence-corrected chi connectivity index (χ4v) is 9.55. The average molecular weight is 776 g/mol. The molecule has 4 fully saturated rings. The van der Waals surface area contributed by atoms with Gasteiger partial charge in [-0.15, -0.1) is 0 Å². The number of hydrogen-bond donors (Lipinski definition) is 1. The molecule has 0 bridgehead atoms. The highest BCUT2D eigenvalue weighted by Gasteiger charge is 2.47. The number of fused-ring (bicyclic) bond motifs is 2. The van der Waals surface area contributed by atoms with E-state index in [4.69, 9.17) is 22.9 Å². The highest BCUT2D eigenvalue weighted by Crippen LogP contribution is 2.47. The summed E-state index contributed by atoms with van der Waals surface area (Å²) in [6, 6.07) is 15.8. The summed E-state index contributed by atoms with van der Waals surface area (Å²) in [4.78, 5) is 77.3. The summed E-state index contributed by atoms with van der Waals surface area (Å²) in [6.07, 6.45) is 4.57. The molecule has 3 saturated heterocycles. The van der Waals surface area contributed by atoms with E-state index in [1.807, 2.05) is 41.3 Å². The Balaban J connectivity index is 0.717. The number of carbonyl (C=O) groups excluding carboxylic acids is 5. The van der Waals surface area contributed by atoms with Crippen LogP contribution in [0.4, 0.5) is 11.4 Å². The molecule has 3 aromatic carbocycles. The largest absolute Gasteiger partial charge is 0.490 e. The third-order valence-electron chi connectivity index (χ3n) is 12.5. The highest BCUT2D eigenvalue weighted by atomic mass is 35.5. The summed E-state index contributed by atoms with van der Waals surface area (Å²) in [5.74, 6) is -1.19. The number of anilines is 1. The van der Waals surface area contributed by atoms with Crippen molar-refractivity contribution in [2.75, 3.05) is 50.8 Å². The molecular weight excluding hydrogens is 734 g/mol. The molecule has 288 valence electrons. The van der Waals surface area contributed by atoms with E-state index in [0.717, 1.165) is 79.3 Å². The SMILES string of the molecule is [C-]#[N+]c1ccc(N2CC3(CCC(Oc4ccc(C(=O)N5CCN(CN6Cc7cc8c(cc7C6)C(=O)N(C6CCC(=O)NC6=O)C8=O)CC5)cc4)CC3)C2)cc1Cl. The molecule has 3 aromatic rings. The normalized spacial score (nSPS) is 22.5. The fourth-order valence-electron chi connectivity index (χ4n) is 9.33. The van der Waals surface area contributed by atoms with Crippen LogP contribution in [0.15, 0.2) is 54.6 Å². The van der Waals surface area contributed by atoms with Gasteiger partial charge in [0.05, 0.1) is 30.5 Å². The van der Waals surface area contributed by atoms with Gasteiger partial charge < -0.3 is 14.5 Å². The van der Waals surface area contributed by atoms with Gasteiger partial charge in [0.2, 0.25) is 17.5 Å². The van der Waals surface area contributed by atoms with Crippen LogP contribution < -0.4 is 15.0 Å². The Morgan fingerprint density at radius 1 is 0.857 bits per heavy atom. The first-order chi connectivity index (χ1) is 27.1. The fraction of sp³-hybridized carbons (Fsp3) is 0.429. The smallest absolute Gasteiger partial charge is 0.262 e. The van der Waals surface area contributed by atoms with Gasteiger partial charge in [-0.25, -0.2) is 4.85 Å². The molecule has 56 heavy (non-hydrogen) atoms. The zero-order chi connectivity index (χ0) is 38.7. The van der Waals surface area contributed by atoms with Gasteiger partial charge >= 0.3 is 0 Å². The summed E-state index contributed by atoms with van der Waals surface area (Å²) in [5, 5.41) is 2.74. The number of nitrogens with one attached hydrogen (secondary N) is 1. The van der Waals surface area contributed by atoms with Crippen LogP contribution >= 0.6 is 11.6 Å². The van der Waals surface area contributed by atoms with E-state index >= 15 is 0 Å². The van der Waals surface area contributed by atoms with Crippen LogP contribution in [0.5, 0.6) is 5.75 Å². The van der Waals surface area contributed by atoms with E-state index in [0.29, 0.717) is 65.7 Å². The summed E-state index contributed by atoms with van der Waals surface area (Å²) in [6.45, 7) is 13.9. The van der Waals surface area contributed by atoms with Gasteiger partial charge in [-0.05, 0) is 91.8 Å². The van der Waals surface area contributed by atoms with Gasteiger partial charge in [-0.1, -0.05) is 17.7 Å². The number of amides is 5. The Labute approximate surface area is 329 Å². The van der Waals surface area contributed by atoms with Gasteiger partial charge in [0, 0.05) is 80.5 Å². The van der Waals surface area contributed by atoms with E-state index in [2.05, 4.69) is 24.9 Å². The molecule has 1 N–H and O–H groups in total. The maximum Gasteiger partial charge on any atom is 0.262 e. The summed E-state index contributed by atoms with van der Waals surface area (Å²) < 4.78 is 6.37. The van der Waals surface area contributed by atoms with Crippen LogP contribution in [-0.2, 0) is 22.7 Å². The number of ether oxygens (including phenoxy) is 1. The maximum atomic E-state index is 13.4. The van der Waals surface area contributed by atoms with Crippen molar-refractivity contribution >= 4 is 52.5 Å². The minimum atomic E-state index is -0.976. The van der Waals surface area contributed by atoms with Crippen molar-refractivity contribution < 1.29 is 28.7 Å². The van der Waals surface area contributed by atoms with Gasteiger partial charge in [0.15, 0.2) is 0 Å². The predicted octanol–water partition coefficient (Wildman–Crippen LogP) is 4.85. The molecule has 5 heterocycles. The molecule has 1 aliphatic carbocycles. The summed E-state index contributed by atoms with van der Waals surface area (Å²) in [7, 11) is 0. The van der Waals surface area contributed by atoms with Crippen LogP contribution in [-0.4, -0.2) is 107 Å². The Morgan fingerprint density at radius 2 is 1.52 bits per heavy atom. The number of carbonyl (C=O) groups is 5. The Morgan fingerprint density at radius 3 is 2.12 bits per heavy atom. The minimum absolute atomic E-state index is 0.0131. The third-order valence-corrected chi connectivity index (χ3v) is 12.8. The van der Waals surface area contributed by atoms with Crippen LogP contribution in [0, 0.1) is 12.0 Å². The minimum Gasteiger partial charge on any atom is -0.490 e. The molecule has 1 spiro atoms. The summed E-state index contributed by atoms with van der Waals surface area (Å²) >= 11 is 6.27. The van der Waals surface area contributed by atoms with Crippen molar-refractivity contribution in [3.05, 3.63) is 98.9 Å². The van der Waals surface area contributed by atoms with Gasteiger partial charge in [0.1, 0.15) is 11.8 Å². The first kappa shape index (κ1) is 36.4. The highest BCUT2D eigenvalue weighted by molar-refractivity contribution is 6.33. The number of imide groups is 2. The molecule has 1 unspecified atom stereocenters. The molecule has 9 rings (SSSR count). The molecule has 14 heteroatoms. The topological polar surface area (TPSA) is 127 Å². The maximum absolute atomic E-state index is 13.4. The second kappa shape index (κ2) is 14.3. The lowest BCUT2D eigenvalue weighted by Crippen LogP contribution is -2.58. The van der Waals surface area contributed by atoms with Crippen LogP contribution in [0.25, 0.3) is 4.85 Å². The monoisotopic (exact) mass is 775 g/mol. The standard InChI is InChI=1S/C42H42ClN7O6/c1-44-35-7-4-29(20-34(35)43)49-23-42(24-49)12-10-31(11-13-42)56-30-5-2-26(3-6-30)39(53)48-16-14-46(15-17-48)25-47-21-27-18-32-33(19-28(27)22-47)41(55)50(40(32)54)36-8-9-37(51)45-38(36)52/h2-7,18-20,31,36H,8-17,21-25H2,(H,45,51,52). The molecule has 13 nitrogen and oxygen atoms in total. The predicted molar refractivity (Wildman–Crippen MR) is 206 cm³/mol. The average Bonchev–Trinajstić information content (AvgIpc) is 3.69. The molecule has 0 radical (unpaired) electrons. The first-order valence-electron chi connectivity index (χ1n) is 19.4. The van der Waals surface area contributed by atoms with Crippen molar-refractivity contribution in [1.29, 1.82) is 0 Å². The van der Waals surface area contributed by atoms with E-state index in [1.165, 1.54) is 0 Å². The van der Waals surface area contributed by atoms with Crippen LogP contribution in [0.1, 0.15) is 80.7 Å². The lowest BCUT2D eigenvalue weighted by Gasteiger charge is -2.54. The molecule has 1 atom stereocenters. The van der Waals surface area contributed by atoms with E-state index in [9.17, 15) is 24.0 Å². The van der Waals surface area contributed by atoms with Crippen molar-refractivity contribution in [1.82, 2.24) is 24.9 Å². The number of piperidine rings is 1. The van der Waals surface area contributed by atoms with Crippen molar-refractivity contribution in [2.45, 2.75) is 63.8 Å². The quantitative estimate of drug-likeness (QED) is 0.265. The van der Waals surface area contributed by atoms with Crippen LogP contribution in [0.3, 0.4) is 0 Å². The van der Waals surface area contributed by atoms with E-state index in [-0.39, 0.29) is 24.9 Å². The molecule has 6 aliphatic rings. The van der Waals surface area contributed by atoms with E-state index in [1.54, 1.807) is 18.2 Å². The molecular formula is C42H42ClN7O6. The van der Waals surface area contributed by atoms with Crippen LogP contribution in [0.2, 0.25) is 5.02 Å². The lowest BCUT2D eigenvalue weighted by molar-refractivity contribution is -0.136. The van der Waals surface area contributed by atoms with Crippen molar-refractivity contribution in [3.63, 3.8) is 0 Å². The second-order valence-corrected chi connectivity index (χ2v) is 16.5. The Bertz CT molecular complexity index is 2130. The Hall–Kier alpha value is -5.29. The zero-order valence-corrected chi connectivity index (χ0v) is 31.7. The number of benzene rings is 3. The van der Waals surface area contributed by atoms with E-state index < -0.39 is 29.7 Å². The number of hydrogen-bond acceptors (Lipinski definition) is 9. The van der Waals surface area contributed by atoms with Gasteiger partial charge in [-0.3, -0.25) is 44.0 Å². The third kappa shape index (κ3) is 6.69. The first-order valence-corrected chi connectivity index (χ1v) is 19.7. The summed E-state index contributed by atoms with van der Waals surface area (Å²) in [5.41, 5.74) is 5.11. The number of nitrogens with zero attached hydrogens (tertiary/aromatic N) is 6. The molecule has 5 aliphatic heterocycles.